The topological polar surface area (TPSA) is 123 Å². The van der Waals surface area contributed by atoms with Crippen LogP contribution in [0.1, 0.15) is 31.7 Å². The fourth-order valence-corrected chi connectivity index (χ4v) is 5.01. The number of nitrogens with zero attached hydrogens (tertiary/aromatic N) is 5. The van der Waals surface area contributed by atoms with Crippen LogP contribution in [0.15, 0.2) is 34.0 Å². The number of piperidine rings is 1. The molecule has 2 aliphatic heterocycles. The summed E-state index contributed by atoms with van der Waals surface area (Å²) in [6.07, 6.45) is 1.44. The van der Waals surface area contributed by atoms with Gasteiger partial charge in [-0.15, -0.1) is 0 Å². The third kappa shape index (κ3) is 5.59. The quantitative estimate of drug-likeness (QED) is 0.421. The number of aryl methyl sites for hydroxylation is 1. The van der Waals surface area contributed by atoms with Gasteiger partial charge in [0.15, 0.2) is 5.82 Å². The molecule has 2 saturated heterocycles. The fraction of sp³-hybridized carbons (Fsp3) is 0.480. The van der Waals surface area contributed by atoms with E-state index in [9.17, 15) is 23.2 Å². The van der Waals surface area contributed by atoms with Crippen LogP contribution < -0.4 is 26.7 Å². The van der Waals surface area contributed by atoms with Crippen molar-refractivity contribution in [2.45, 2.75) is 44.2 Å². The number of hydrogen-bond donors (Lipinski definition) is 2. The Bertz CT molecular complexity index is 1510. The molecule has 1 aromatic carbocycles. The maximum absolute atomic E-state index is 13.6. The molecule has 3 aromatic rings. The van der Waals surface area contributed by atoms with Crippen molar-refractivity contribution in [2.75, 3.05) is 43.6 Å². The molecular weight excluding hydrogens is 536 g/mol. The Balaban J connectivity index is 1.53. The summed E-state index contributed by atoms with van der Waals surface area (Å²) in [4.78, 5) is 48.6. The van der Waals surface area contributed by atoms with Crippen molar-refractivity contribution in [1.82, 2.24) is 24.4 Å². The minimum Gasteiger partial charge on any atom is -0.379 e. The molecule has 2 N–H and O–H groups in total. The summed E-state index contributed by atoms with van der Waals surface area (Å²) >= 11 is 6.35. The van der Waals surface area contributed by atoms with Crippen molar-refractivity contribution in [3.8, 4) is 0 Å². The van der Waals surface area contributed by atoms with Gasteiger partial charge in [0.1, 0.15) is 5.02 Å². The Kier molecular flexibility index (Phi) is 7.54. The highest BCUT2D eigenvalue weighted by Crippen LogP contribution is 2.32. The number of benzene rings is 1. The second-order valence-electron chi connectivity index (χ2n) is 9.61. The highest BCUT2D eigenvalue weighted by molar-refractivity contribution is 6.32. The number of carbonyl (C=O) groups is 1. The number of nitrogens with one attached hydrogen (secondary N) is 2. The van der Waals surface area contributed by atoms with Crippen LogP contribution in [0.25, 0.3) is 11.0 Å². The highest BCUT2D eigenvalue weighted by Gasteiger charge is 2.35. The van der Waals surface area contributed by atoms with Gasteiger partial charge in [0.2, 0.25) is 11.9 Å². The lowest BCUT2D eigenvalue weighted by atomic mass is 10.1. The number of halogens is 3. The lowest BCUT2D eigenvalue weighted by Crippen LogP contribution is -2.43. The van der Waals surface area contributed by atoms with E-state index in [1.165, 1.54) is 22.4 Å². The average molecular weight is 564 g/mol. The van der Waals surface area contributed by atoms with E-state index in [4.69, 9.17) is 16.3 Å². The molecule has 0 radical (unpaired) electrons. The van der Waals surface area contributed by atoms with Gasteiger partial charge in [-0.05, 0) is 24.6 Å². The maximum atomic E-state index is 13.6. The normalized spacial score (nSPS) is 18.9. The molecular formula is C25H28ClF2N7O4. The van der Waals surface area contributed by atoms with Gasteiger partial charge in [0.05, 0.1) is 29.9 Å². The maximum Gasteiger partial charge on any atom is 0.317 e. The summed E-state index contributed by atoms with van der Waals surface area (Å²) in [6.45, 7) is 1.04. The van der Waals surface area contributed by atoms with Crippen LogP contribution in [0.4, 0.5) is 26.2 Å². The van der Waals surface area contributed by atoms with Gasteiger partial charge in [0, 0.05) is 58.2 Å². The molecule has 39 heavy (non-hydrogen) atoms. The molecule has 0 bridgehead atoms. The predicted molar refractivity (Wildman–Crippen MR) is 142 cm³/mol. The van der Waals surface area contributed by atoms with Crippen LogP contribution in [-0.2, 0) is 16.1 Å². The zero-order chi connectivity index (χ0) is 27.7. The lowest BCUT2D eigenvalue weighted by molar-refractivity contribution is -0.120. The predicted octanol–water partition coefficient (Wildman–Crippen LogP) is 2.68. The smallest absolute Gasteiger partial charge is 0.317 e. The van der Waals surface area contributed by atoms with Crippen LogP contribution >= 0.6 is 11.6 Å². The van der Waals surface area contributed by atoms with E-state index in [1.54, 1.807) is 23.1 Å². The zero-order valence-electron chi connectivity index (χ0n) is 21.3. The number of aromatic nitrogens is 4. The second-order valence-corrected chi connectivity index (χ2v) is 10.0. The summed E-state index contributed by atoms with van der Waals surface area (Å²) in [7, 11) is 1.50. The number of alkyl halides is 2. The third-order valence-corrected chi connectivity index (χ3v) is 7.33. The van der Waals surface area contributed by atoms with Crippen LogP contribution in [0.3, 0.4) is 0 Å². The van der Waals surface area contributed by atoms with Gasteiger partial charge in [0.25, 0.3) is 5.92 Å². The first-order valence-corrected chi connectivity index (χ1v) is 13.0. The number of rotatable bonds is 7. The van der Waals surface area contributed by atoms with Crippen molar-refractivity contribution in [2.24, 2.45) is 0 Å². The van der Waals surface area contributed by atoms with Gasteiger partial charge in [-0.2, -0.15) is 4.98 Å². The highest BCUT2D eigenvalue weighted by atomic mass is 35.5. The number of hydrogen-bond acceptors (Lipinski definition) is 8. The van der Waals surface area contributed by atoms with E-state index >= 15 is 0 Å². The monoisotopic (exact) mass is 563 g/mol. The molecule has 0 spiro atoms. The molecule has 1 amide bonds. The summed E-state index contributed by atoms with van der Waals surface area (Å²) < 4.78 is 35.4. The number of carbonyl (C=O) groups excluding carboxylic acids is 1. The Morgan fingerprint density at radius 2 is 1.97 bits per heavy atom. The number of fused-ring (bicyclic) bond motifs is 1. The molecule has 1 atom stereocenters. The Morgan fingerprint density at radius 3 is 2.67 bits per heavy atom. The van der Waals surface area contributed by atoms with Gasteiger partial charge in [-0.1, -0.05) is 11.6 Å². The standard InChI is InChI=1S/C25H28ClF2N7O4/c1-29-20(36)4-8-34-19-12-15(2-3-18(19)35(23(38)22(34)37)16-5-11-39-14-16)31-21-17(26)13-30-24(32-21)33-9-6-25(27,28)7-10-33/h2-3,12-13,16H,4-11,14H2,1H3,(H,29,36)(H,30,31,32). The summed E-state index contributed by atoms with van der Waals surface area (Å²) in [5.41, 5.74) is 0.0800. The van der Waals surface area contributed by atoms with E-state index < -0.39 is 17.0 Å². The second kappa shape index (κ2) is 10.9. The molecule has 2 fully saturated rings. The molecule has 5 rings (SSSR count). The first-order chi connectivity index (χ1) is 18.7. The minimum absolute atomic E-state index is 0.00765. The first kappa shape index (κ1) is 27.0. The Hall–Kier alpha value is -3.58. The zero-order valence-corrected chi connectivity index (χ0v) is 22.0. The largest absolute Gasteiger partial charge is 0.379 e. The molecule has 0 saturated carbocycles. The fourth-order valence-electron chi connectivity index (χ4n) is 4.88. The van der Waals surface area contributed by atoms with E-state index in [2.05, 4.69) is 20.6 Å². The third-order valence-electron chi connectivity index (χ3n) is 7.06. The molecule has 14 heteroatoms. The van der Waals surface area contributed by atoms with Crippen molar-refractivity contribution in [3.63, 3.8) is 0 Å². The van der Waals surface area contributed by atoms with Crippen molar-refractivity contribution in [3.05, 3.63) is 50.1 Å². The van der Waals surface area contributed by atoms with Crippen LogP contribution in [0, 0.1) is 0 Å². The minimum atomic E-state index is -2.70. The van der Waals surface area contributed by atoms with Crippen LogP contribution in [0.2, 0.25) is 5.02 Å². The van der Waals surface area contributed by atoms with Crippen molar-refractivity contribution >= 4 is 46.0 Å². The molecule has 0 aliphatic carbocycles. The van der Waals surface area contributed by atoms with E-state index in [1.807, 2.05) is 0 Å². The number of amides is 1. The van der Waals surface area contributed by atoms with E-state index in [0.717, 1.165) is 0 Å². The number of anilines is 3. The lowest BCUT2D eigenvalue weighted by Gasteiger charge is -2.31. The van der Waals surface area contributed by atoms with Crippen molar-refractivity contribution < 1.29 is 18.3 Å². The number of ether oxygens (including phenoxy) is 1. The molecule has 2 aliphatic rings. The molecule has 2 aromatic heterocycles. The Morgan fingerprint density at radius 1 is 1.21 bits per heavy atom. The summed E-state index contributed by atoms with van der Waals surface area (Å²) in [5, 5.41) is 5.86. The van der Waals surface area contributed by atoms with Crippen molar-refractivity contribution in [1.29, 1.82) is 0 Å². The first-order valence-electron chi connectivity index (χ1n) is 12.7. The SMILES string of the molecule is CNC(=O)CCn1c(=O)c(=O)n(C2CCOC2)c2ccc(Nc3nc(N4CCC(F)(F)CC4)ncc3Cl)cc21. The van der Waals surface area contributed by atoms with Crippen LogP contribution in [0.5, 0.6) is 0 Å². The van der Waals surface area contributed by atoms with Gasteiger partial charge >= 0.3 is 11.1 Å². The van der Waals surface area contributed by atoms with E-state index in [-0.39, 0.29) is 67.6 Å². The molecule has 1 unspecified atom stereocenters. The Labute approximate surface area is 226 Å². The summed E-state index contributed by atoms with van der Waals surface area (Å²) in [5.74, 6) is -2.44. The van der Waals surface area contributed by atoms with Gasteiger partial charge in [-0.3, -0.25) is 19.0 Å². The molecule has 4 heterocycles. The molecule has 11 nitrogen and oxygen atoms in total. The van der Waals surface area contributed by atoms with E-state index in [0.29, 0.717) is 36.4 Å². The average Bonchev–Trinajstić information content (AvgIpc) is 3.45. The van der Waals surface area contributed by atoms with Gasteiger partial charge in [-0.25, -0.2) is 13.8 Å². The van der Waals surface area contributed by atoms with Gasteiger partial charge < -0.3 is 24.8 Å². The summed E-state index contributed by atoms with van der Waals surface area (Å²) in [6, 6.07) is 4.85. The van der Waals surface area contributed by atoms with Crippen LogP contribution in [-0.4, -0.2) is 64.3 Å². The molecule has 208 valence electrons.